The van der Waals surface area contributed by atoms with Crippen LogP contribution in [0.2, 0.25) is 0 Å². The highest BCUT2D eigenvalue weighted by molar-refractivity contribution is 6.88. The Bertz CT molecular complexity index is 495. The van der Waals surface area contributed by atoms with Crippen LogP contribution in [0.4, 0.5) is 5.82 Å². The van der Waals surface area contributed by atoms with Crippen LogP contribution in [0.15, 0.2) is 17.3 Å². The second-order valence-corrected chi connectivity index (χ2v) is 4.42. The average Bonchev–Trinajstić information content (AvgIpc) is 2.56. The molecular weight excluding hydrogens is 203 g/mol. The van der Waals surface area contributed by atoms with E-state index < -0.39 is 5.97 Å². The van der Waals surface area contributed by atoms with E-state index in [2.05, 4.69) is 9.98 Å². The monoisotopic (exact) mass is 214 g/mol. The first-order chi connectivity index (χ1) is 7.74. The lowest BCUT2D eigenvalue weighted by molar-refractivity contribution is 0.0696. The minimum atomic E-state index is -0.924. The molecule has 0 unspecified atom stereocenters. The SMILES string of the molecule is O=C(O)c1cnc2c(c1)BC(C1CCC1)=N2. The quantitative estimate of drug-likeness (QED) is 0.736. The van der Waals surface area contributed by atoms with E-state index in [1.54, 1.807) is 6.07 Å². The van der Waals surface area contributed by atoms with Crippen molar-refractivity contribution >= 4 is 30.1 Å². The van der Waals surface area contributed by atoms with E-state index in [4.69, 9.17) is 5.11 Å². The van der Waals surface area contributed by atoms with Gasteiger partial charge in [0.05, 0.1) is 5.56 Å². The Kier molecular flexibility index (Phi) is 2.06. The van der Waals surface area contributed by atoms with E-state index in [1.165, 1.54) is 31.1 Å². The fraction of sp³-hybridized carbons (Fsp3) is 0.364. The van der Waals surface area contributed by atoms with Gasteiger partial charge in [-0.15, -0.1) is 0 Å². The molecular formula is C11H11BN2O2. The number of nitrogens with zero attached hydrogens (tertiary/aromatic N) is 2. The molecule has 1 N–H and O–H groups in total. The van der Waals surface area contributed by atoms with Gasteiger partial charge >= 0.3 is 5.97 Å². The second-order valence-electron chi connectivity index (χ2n) is 4.42. The van der Waals surface area contributed by atoms with E-state index in [0.29, 0.717) is 11.7 Å². The van der Waals surface area contributed by atoms with Gasteiger partial charge in [-0.1, -0.05) is 6.42 Å². The Hall–Kier alpha value is -1.65. The predicted molar refractivity (Wildman–Crippen MR) is 62.4 cm³/mol. The molecule has 2 heterocycles. The van der Waals surface area contributed by atoms with Crippen LogP contribution in [0.3, 0.4) is 0 Å². The van der Waals surface area contributed by atoms with E-state index in [-0.39, 0.29) is 5.56 Å². The smallest absolute Gasteiger partial charge is 0.337 e. The summed E-state index contributed by atoms with van der Waals surface area (Å²) in [6.07, 6.45) is 5.11. The van der Waals surface area contributed by atoms with Crippen LogP contribution < -0.4 is 5.46 Å². The van der Waals surface area contributed by atoms with Gasteiger partial charge in [0.2, 0.25) is 7.28 Å². The molecule has 0 atom stereocenters. The van der Waals surface area contributed by atoms with Crippen LogP contribution in [0.25, 0.3) is 0 Å². The molecule has 5 heteroatoms. The van der Waals surface area contributed by atoms with Crippen LogP contribution in [0.5, 0.6) is 0 Å². The van der Waals surface area contributed by atoms with E-state index in [1.807, 2.05) is 0 Å². The Balaban J connectivity index is 1.89. The molecule has 16 heavy (non-hydrogen) atoms. The zero-order chi connectivity index (χ0) is 11.1. The molecule has 0 spiro atoms. The largest absolute Gasteiger partial charge is 0.478 e. The zero-order valence-corrected chi connectivity index (χ0v) is 8.81. The molecule has 0 saturated heterocycles. The molecule has 1 aromatic rings. The van der Waals surface area contributed by atoms with E-state index in [9.17, 15) is 4.79 Å². The van der Waals surface area contributed by atoms with Gasteiger partial charge in [0.15, 0.2) is 0 Å². The summed E-state index contributed by atoms with van der Waals surface area (Å²) < 4.78 is 0. The minimum Gasteiger partial charge on any atom is -0.478 e. The van der Waals surface area contributed by atoms with Crippen LogP contribution in [-0.2, 0) is 0 Å². The maximum Gasteiger partial charge on any atom is 0.337 e. The normalized spacial score (nSPS) is 18.4. The highest BCUT2D eigenvalue weighted by atomic mass is 16.4. The maximum atomic E-state index is 10.8. The number of aromatic carboxylic acids is 1. The van der Waals surface area contributed by atoms with Crippen molar-refractivity contribution in [2.75, 3.05) is 0 Å². The number of pyridine rings is 1. The molecule has 3 rings (SSSR count). The number of fused-ring (bicyclic) bond motifs is 1. The maximum absolute atomic E-state index is 10.8. The number of hydrogen-bond donors (Lipinski definition) is 1. The molecule has 2 aliphatic rings. The van der Waals surface area contributed by atoms with Crippen LogP contribution >= 0.6 is 0 Å². The van der Waals surface area contributed by atoms with Gasteiger partial charge in [-0.25, -0.2) is 14.8 Å². The van der Waals surface area contributed by atoms with Gasteiger partial charge in [0.1, 0.15) is 5.82 Å². The molecule has 0 radical (unpaired) electrons. The number of carbonyl (C=O) groups is 1. The van der Waals surface area contributed by atoms with E-state index >= 15 is 0 Å². The predicted octanol–water partition coefficient (Wildman–Crippen LogP) is 0.685. The van der Waals surface area contributed by atoms with E-state index in [0.717, 1.165) is 12.7 Å². The Morgan fingerprint density at radius 3 is 2.94 bits per heavy atom. The molecule has 1 aromatic heterocycles. The number of carboxylic acids is 1. The number of carboxylic acid groups (broad SMARTS) is 1. The number of aliphatic imine (C=N–C) groups is 1. The first kappa shape index (κ1) is 9.57. The number of rotatable bonds is 2. The number of hydrogen-bond acceptors (Lipinski definition) is 3. The summed E-state index contributed by atoms with van der Waals surface area (Å²) in [6.45, 7) is 0. The Morgan fingerprint density at radius 1 is 1.50 bits per heavy atom. The van der Waals surface area contributed by atoms with Crippen LogP contribution in [-0.4, -0.2) is 29.0 Å². The molecule has 0 amide bonds. The van der Waals surface area contributed by atoms with Crippen molar-refractivity contribution in [3.8, 4) is 0 Å². The Labute approximate surface area is 93.7 Å². The minimum absolute atomic E-state index is 0.254. The van der Waals surface area contributed by atoms with Crippen LogP contribution in [0, 0.1) is 5.92 Å². The third-order valence-corrected chi connectivity index (χ3v) is 3.39. The lowest BCUT2D eigenvalue weighted by atomic mass is 9.59. The third-order valence-electron chi connectivity index (χ3n) is 3.39. The number of aromatic nitrogens is 1. The van der Waals surface area contributed by atoms with Gasteiger partial charge in [-0.2, -0.15) is 0 Å². The highest BCUT2D eigenvalue weighted by Crippen LogP contribution is 2.30. The standard InChI is InChI=1S/C11H11BN2O2/c15-11(16)7-4-8-10(13-5-7)14-9(12-8)6-2-1-3-6/h4-6,12H,1-3H2,(H,15,16). The summed E-state index contributed by atoms with van der Waals surface area (Å²) in [7, 11) is 0.786. The van der Waals surface area contributed by atoms with Crippen molar-refractivity contribution in [1.82, 2.24) is 4.98 Å². The summed E-state index contributed by atoms with van der Waals surface area (Å²) in [5, 5.41) is 8.87. The van der Waals surface area contributed by atoms with Crippen molar-refractivity contribution < 1.29 is 9.90 Å². The lowest BCUT2D eigenvalue weighted by Crippen LogP contribution is -2.29. The molecule has 0 aromatic carbocycles. The third kappa shape index (κ3) is 1.43. The van der Waals surface area contributed by atoms with Gasteiger partial charge in [0.25, 0.3) is 0 Å². The van der Waals surface area contributed by atoms with Gasteiger partial charge in [0, 0.05) is 6.20 Å². The zero-order valence-electron chi connectivity index (χ0n) is 8.81. The molecule has 1 saturated carbocycles. The van der Waals surface area contributed by atoms with Gasteiger partial charge < -0.3 is 5.11 Å². The average molecular weight is 214 g/mol. The summed E-state index contributed by atoms with van der Waals surface area (Å²) in [5.41, 5.74) is 2.40. The molecule has 4 nitrogen and oxygen atoms in total. The van der Waals surface area contributed by atoms with Gasteiger partial charge in [-0.3, -0.25) is 0 Å². The van der Waals surface area contributed by atoms with Crippen molar-refractivity contribution in [2.45, 2.75) is 19.3 Å². The fourth-order valence-electron chi connectivity index (χ4n) is 2.20. The summed E-state index contributed by atoms with van der Waals surface area (Å²) >= 11 is 0. The molecule has 1 aliphatic carbocycles. The molecule has 1 fully saturated rings. The summed E-state index contributed by atoms with van der Waals surface area (Å²) in [6, 6.07) is 1.69. The molecule has 0 bridgehead atoms. The van der Waals surface area contributed by atoms with Crippen molar-refractivity contribution in [3.05, 3.63) is 17.8 Å². The fourth-order valence-corrected chi connectivity index (χ4v) is 2.20. The Morgan fingerprint density at radius 2 is 2.31 bits per heavy atom. The lowest BCUT2D eigenvalue weighted by Gasteiger charge is -2.25. The molecule has 1 aliphatic heterocycles. The van der Waals surface area contributed by atoms with Crippen molar-refractivity contribution in [2.24, 2.45) is 10.9 Å². The van der Waals surface area contributed by atoms with Crippen molar-refractivity contribution in [1.29, 1.82) is 0 Å². The van der Waals surface area contributed by atoms with Crippen molar-refractivity contribution in [3.63, 3.8) is 0 Å². The first-order valence-corrected chi connectivity index (χ1v) is 5.54. The highest BCUT2D eigenvalue weighted by Gasteiger charge is 2.28. The van der Waals surface area contributed by atoms with Crippen LogP contribution in [0.1, 0.15) is 29.6 Å². The molecule has 80 valence electrons. The topological polar surface area (TPSA) is 62.5 Å². The first-order valence-electron chi connectivity index (χ1n) is 5.54. The summed E-state index contributed by atoms with van der Waals surface area (Å²) in [4.78, 5) is 19.4. The summed E-state index contributed by atoms with van der Waals surface area (Å²) in [5.74, 6) is 0.404. The van der Waals surface area contributed by atoms with Gasteiger partial charge in [-0.05, 0) is 35.9 Å². The second kappa shape index (κ2) is 3.44.